The third-order valence-electron chi connectivity index (χ3n) is 7.02. The second-order valence-corrected chi connectivity index (χ2v) is 9.65. The molecule has 0 radical (unpaired) electrons. The van der Waals surface area contributed by atoms with E-state index >= 15 is 0 Å². The minimum absolute atomic E-state index is 0.0879. The number of hydrogen-bond acceptors (Lipinski definition) is 4. The molecule has 1 amide bonds. The Bertz CT molecular complexity index is 770. The molecular formula is C22H29N3OS. The number of nitrogens with one attached hydrogen (secondary N) is 2. The van der Waals surface area contributed by atoms with Gasteiger partial charge in [0.25, 0.3) is 5.91 Å². The molecule has 3 atom stereocenters. The van der Waals surface area contributed by atoms with Gasteiger partial charge in [0, 0.05) is 23.8 Å². The predicted octanol–water partition coefficient (Wildman–Crippen LogP) is 3.34. The van der Waals surface area contributed by atoms with Crippen molar-refractivity contribution in [2.24, 2.45) is 17.8 Å². The fourth-order valence-electron chi connectivity index (χ4n) is 5.53. The normalized spacial score (nSPS) is 30.8. The number of amides is 1. The highest BCUT2D eigenvalue weighted by atomic mass is 32.1. The van der Waals surface area contributed by atoms with E-state index in [1.807, 2.05) is 18.2 Å². The Morgan fingerprint density at radius 2 is 2.00 bits per heavy atom. The average molecular weight is 384 g/mol. The first-order chi connectivity index (χ1) is 13.3. The van der Waals surface area contributed by atoms with Crippen LogP contribution < -0.4 is 10.6 Å². The van der Waals surface area contributed by atoms with Crippen molar-refractivity contribution in [2.75, 3.05) is 32.7 Å². The van der Waals surface area contributed by atoms with Crippen molar-refractivity contribution in [1.82, 2.24) is 15.5 Å². The van der Waals surface area contributed by atoms with E-state index in [2.05, 4.69) is 27.7 Å². The van der Waals surface area contributed by atoms with Crippen molar-refractivity contribution in [3.8, 4) is 0 Å². The van der Waals surface area contributed by atoms with Gasteiger partial charge >= 0.3 is 0 Å². The molecule has 2 N–H and O–H groups in total. The lowest BCUT2D eigenvalue weighted by molar-refractivity contribution is 0.0933. The first-order valence-corrected chi connectivity index (χ1v) is 11.3. The van der Waals surface area contributed by atoms with Crippen molar-refractivity contribution in [3.05, 3.63) is 35.2 Å². The summed E-state index contributed by atoms with van der Waals surface area (Å²) in [6.07, 6.45) is 5.30. The molecule has 144 valence electrons. The summed E-state index contributed by atoms with van der Waals surface area (Å²) in [7, 11) is 0. The zero-order valence-electron chi connectivity index (χ0n) is 15.8. The van der Waals surface area contributed by atoms with Gasteiger partial charge in [-0.25, -0.2) is 0 Å². The molecular weight excluding hydrogens is 354 g/mol. The summed E-state index contributed by atoms with van der Waals surface area (Å²) in [5.74, 6) is 2.70. The quantitative estimate of drug-likeness (QED) is 0.832. The lowest BCUT2D eigenvalue weighted by atomic mass is 9.85. The van der Waals surface area contributed by atoms with Crippen LogP contribution in [0.2, 0.25) is 0 Å². The van der Waals surface area contributed by atoms with Crippen LogP contribution in [0.1, 0.15) is 35.4 Å². The zero-order valence-corrected chi connectivity index (χ0v) is 16.6. The summed E-state index contributed by atoms with van der Waals surface area (Å²) in [5.41, 5.74) is 0. The van der Waals surface area contributed by atoms with Gasteiger partial charge in [-0.2, -0.15) is 0 Å². The number of carbonyl (C=O) groups is 1. The van der Waals surface area contributed by atoms with Crippen molar-refractivity contribution < 1.29 is 4.79 Å². The molecule has 27 heavy (non-hydrogen) atoms. The third kappa shape index (κ3) is 3.53. The second kappa shape index (κ2) is 7.53. The maximum absolute atomic E-state index is 12.7. The lowest BCUT2D eigenvalue weighted by Crippen LogP contribution is -2.47. The number of fused-ring (bicyclic) bond motifs is 3. The van der Waals surface area contributed by atoms with Crippen LogP contribution in [0.15, 0.2) is 30.3 Å². The number of thiophene rings is 1. The molecule has 2 saturated heterocycles. The first-order valence-electron chi connectivity index (χ1n) is 10.5. The van der Waals surface area contributed by atoms with Crippen LogP contribution in [0.3, 0.4) is 0 Å². The highest BCUT2D eigenvalue weighted by molar-refractivity contribution is 7.20. The molecule has 3 heterocycles. The Hall–Kier alpha value is -1.43. The maximum atomic E-state index is 12.7. The van der Waals surface area contributed by atoms with Gasteiger partial charge in [-0.15, -0.1) is 11.3 Å². The fraction of sp³-hybridized carbons (Fsp3) is 0.591. The van der Waals surface area contributed by atoms with E-state index in [4.69, 9.17) is 0 Å². The van der Waals surface area contributed by atoms with Gasteiger partial charge in [0.15, 0.2) is 0 Å². The average Bonchev–Trinajstić information content (AvgIpc) is 3.36. The number of nitrogens with zero attached hydrogens (tertiary/aromatic N) is 1. The van der Waals surface area contributed by atoms with E-state index in [1.54, 1.807) is 11.3 Å². The summed E-state index contributed by atoms with van der Waals surface area (Å²) in [6.45, 7) is 5.64. The topological polar surface area (TPSA) is 44.4 Å². The van der Waals surface area contributed by atoms with E-state index in [9.17, 15) is 4.79 Å². The molecule has 1 aliphatic carbocycles. The molecule has 5 rings (SSSR count). The molecule has 3 fully saturated rings. The summed E-state index contributed by atoms with van der Waals surface area (Å²) in [4.78, 5) is 16.2. The van der Waals surface area contributed by atoms with E-state index in [0.29, 0.717) is 6.04 Å². The monoisotopic (exact) mass is 383 g/mol. The minimum Gasteiger partial charge on any atom is -0.350 e. The molecule has 2 aliphatic heterocycles. The summed E-state index contributed by atoms with van der Waals surface area (Å²) in [6, 6.07) is 10.8. The van der Waals surface area contributed by atoms with Crippen LogP contribution in [0.5, 0.6) is 0 Å². The SMILES string of the molecule is O=C(NCC1CCCN1CC1C2CCC1CNC2)c1cc2ccccc2s1. The Morgan fingerprint density at radius 3 is 2.81 bits per heavy atom. The summed E-state index contributed by atoms with van der Waals surface area (Å²) >= 11 is 1.59. The Morgan fingerprint density at radius 1 is 1.19 bits per heavy atom. The van der Waals surface area contributed by atoms with Crippen molar-refractivity contribution >= 4 is 27.3 Å². The Labute approximate surface area is 165 Å². The summed E-state index contributed by atoms with van der Waals surface area (Å²) in [5, 5.41) is 8.00. The Balaban J connectivity index is 1.19. The molecule has 1 aromatic carbocycles. The molecule has 1 aromatic heterocycles. The van der Waals surface area contributed by atoms with E-state index in [-0.39, 0.29) is 5.91 Å². The zero-order chi connectivity index (χ0) is 18.2. The number of carbonyl (C=O) groups excluding carboxylic acids is 1. The van der Waals surface area contributed by atoms with Crippen LogP contribution in [-0.2, 0) is 0 Å². The number of benzene rings is 1. The van der Waals surface area contributed by atoms with Gasteiger partial charge in [0.05, 0.1) is 4.88 Å². The number of hydrogen-bond donors (Lipinski definition) is 2. The molecule has 3 unspecified atom stereocenters. The maximum Gasteiger partial charge on any atom is 0.261 e. The fourth-order valence-corrected chi connectivity index (χ4v) is 6.51. The van der Waals surface area contributed by atoms with Crippen LogP contribution in [0, 0.1) is 17.8 Å². The van der Waals surface area contributed by atoms with Gasteiger partial charge in [-0.05, 0) is 80.6 Å². The predicted molar refractivity (Wildman–Crippen MR) is 111 cm³/mol. The number of rotatable bonds is 5. The molecule has 2 bridgehead atoms. The van der Waals surface area contributed by atoms with E-state index in [0.717, 1.165) is 34.6 Å². The van der Waals surface area contributed by atoms with Crippen molar-refractivity contribution in [1.29, 1.82) is 0 Å². The second-order valence-electron chi connectivity index (χ2n) is 8.57. The highest BCUT2D eigenvalue weighted by Gasteiger charge is 2.41. The van der Waals surface area contributed by atoms with Gasteiger partial charge in [-0.3, -0.25) is 9.69 Å². The molecule has 0 spiro atoms. The van der Waals surface area contributed by atoms with Crippen molar-refractivity contribution in [2.45, 2.75) is 31.7 Å². The van der Waals surface area contributed by atoms with Gasteiger partial charge in [-0.1, -0.05) is 18.2 Å². The van der Waals surface area contributed by atoms with Crippen LogP contribution in [0.25, 0.3) is 10.1 Å². The first kappa shape index (κ1) is 17.7. The lowest BCUT2D eigenvalue weighted by Gasteiger charge is -2.36. The van der Waals surface area contributed by atoms with Crippen LogP contribution in [0.4, 0.5) is 0 Å². The molecule has 3 aliphatic rings. The van der Waals surface area contributed by atoms with Crippen LogP contribution in [-0.4, -0.2) is 49.6 Å². The third-order valence-corrected chi connectivity index (χ3v) is 8.14. The molecule has 2 aromatic rings. The van der Waals surface area contributed by atoms with Crippen molar-refractivity contribution in [3.63, 3.8) is 0 Å². The number of likely N-dealkylation sites (tertiary alicyclic amines) is 1. The smallest absolute Gasteiger partial charge is 0.261 e. The minimum atomic E-state index is 0.0879. The summed E-state index contributed by atoms with van der Waals surface area (Å²) < 4.78 is 1.19. The molecule has 1 saturated carbocycles. The molecule has 5 heteroatoms. The van der Waals surface area contributed by atoms with E-state index < -0.39 is 0 Å². The van der Waals surface area contributed by atoms with Gasteiger partial charge < -0.3 is 10.6 Å². The largest absolute Gasteiger partial charge is 0.350 e. The van der Waals surface area contributed by atoms with Gasteiger partial charge in [0.2, 0.25) is 0 Å². The number of piperidine rings is 1. The van der Waals surface area contributed by atoms with E-state index in [1.165, 1.54) is 56.6 Å². The molecule has 4 nitrogen and oxygen atoms in total. The van der Waals surface area contributed by atoms with Gasteiger partial charge in [0.1, 0.15) is 0 Å². The Kier molecular flexibility index (Phi) is 4.92. The standard InChI is InChI=1S/C22H29N3OS/c26-22(21-10-15-4-1-2-6-20(15)27-21)24-13-18-5-3-9-25(18)14-19-16-7-8-17(19)12-23-11-16/h1-2,4,6,10,16-19,23H,3,5,7-9,11-14H2,(H,24,26). The highest BCUT2D eigenvalue weighted by Crippen LogP contribution is 2.40. The van der Waals surface area contributed by atoms with Crippen LogP contribution >= 0.6 is 11.3 Å².